The van der Waals surface area contributed by atoms with Gasteiger partial charge in [0.15, 0.2) is 0 Å². The molecule has 1 heterocycles. The maximum atomic E-state index is 5.51. The van der Waals surface area contributed by atoms with Gasteiger partial charge in [-0.2, -0.15) is 0 Å². The Labute approximate surface area is 107 Å². The topological polar surface area (TPSA) is 21.3 Å². The van der Waals surface area contributed by atoms with Crippen LogP contribution in [0.2, 0.25) is 0 Å². The van der Waals surface area contributed by atoms with Crippen molar-refractivity contribution in [3.8, 4) is 0 Å². The minimum absolute atomic E-state index is 0.404. The number of allylic oxidation sites excluding steroid dienone is 1. The highest BCUT2D eigenvalue weighted by atomic mass is 16.5. The SMILES string of the molecule is CC(C)CCCCCCNCC1CCC=CO1. The highest BCUT2D eigenvalue weighted by Gasteiger charge is 2.09. The van der Waals surface area contributed by atoms with Crippen LogP contribution in [-0.4, -0.2) is 19.2 Å². The van der Waals surface area contributed by atoms with E-state index >= 15 is 0 Å². The van der Waals surface area contributed by atoms with Crippen molar-refractivity contribution in [1.29, 1.82) is 0 Å². The van der Waals surface area contributed by atoms with E-state index in [1.54, 1.807) is 0 Å². The number of nitrogens with one attached hydrogen (secondary N) is 1. The zero-order valence-corrected chi connectivity index (χ0v) is 11.6. The van der Waals surface area contributed by atoms with Gasteiger partial charge in [-0.1, -0.05) is 39.5 Å². The molecule has 1 unspecified atom stereocenters. The van der Waals surface area contributed by atoms with Gasteiger partial charge in [-0.25, -0.2) is 0 Å². The van der Waals surface area contributed by atoms with Crippen LogP contribution in [0.25, 0.3) is 0 Å². The molecule has 1 rings (SSSR count). The summed E-state index contributed by atoms with van der Waals surface area (Å²) in [4.78, 5) is 0. The van der Waals surface area contributed by atoms with Crippen LogP contribution in [0.3, 0.4) is 0 Å². The highest BCUT2D eigenvalue weighted by Crippen LogP contribution is 2.10. The van der Waals surface area contributed by atoms with Crippen LogP contribution in [0.5, 0.6) is 0 Å². The molecular formula is C15H29NO. The lowest BCUT2D eigenvalue weighted by Crippen LogP contribution is -2.29. The van der Waals surface area contributed by atoms with Crippen molar-refractivity contribution in [3.63, 3.8) is 0 Å². The first-order chi connectivity index (χ1) is 8.29. The number of hydrogen-bond donors (Lipinski definition) is 1. The first-order valence-corrected chi connectivity index (χ1v) is 7.30. The molecule has 100 valence electrons. The molecule has 1 aliphatic rings. The average Bonchev–Trinajstić information content (AvgIpc) is 2.33. The summed E-state index contributed by atoms with van der Waals surface area (Å²) in [6, 6.07) is 0. The largest absolute Gasteiger partial charge is 0.497 e. The number of rotatable bonds is 9. The normalized spacial score (nSPS) is 19.6. The first kappa shape index (κ1) is 14.6. The average molecular weight is 239 g/mol. The van der Waals surface area contributed by atoms with E-state index in [1.165, 1.54) is 38.5 Å². The fourth-order valence-corrected chi connectivity index (χ4v) is 2.15. The Balaban J connectivity index is 1.79. The summed E-state index contributed by atoms with van der Waals surface area (Å²) in [5.74, 6) is 0.865. The first-order valence-electron chi connectivity index (χ1n) is 7.30. The van der Waals surface area contributed by atoms with Crippen LogP contribution in [0.15, 0.2) is 12.3 Å². The van der Waals surface area contributed by atoms with E-state index in [-0.39, 0.29) is 0 Å². The van der Waals surface area contributed by atoms with E-state index in [0.717, 1.165) is 25.4 Å². The minimum Gasteiger partial charge on any atom is -0.497 e. The van der Waals surface area contributed by atoms with Gasteiger partial charge in [0, 0.05) is 6.54 Å². The molecule has 0 fully saturated rings. The maximum Gasteiger partial charge on any atom is 0.110 e. The Kier molecular flexibility index (Phi) is 8.16. The summed E-state index contributed by atoms with van der Waals surface area (Å²) >= 11 is 0. The molecule has 0 aromatic heterocycles. The standard InChI is InChI=1S/C15H29NO/c1-14(2)9-5-3-4-7-11-16-13-15-10-6-8-12-17-15/h8,12,14-16H,3-7,9-11,13H2,1-2H3. The molecule has 2 heteroatoms. The van der Waals surface area contributed by atoms with E-state index in [4.69, 9.17) is 4.74 Å². The molecule has 0 amide bonds. The molecule has 0 aliphatic carbocycles. The molecule has 0 radical (unpaired) electrons. The molecule has 1 aliphatic heterocycles. The molecule has 0 bridgehead atoms. The fourth-order valence-electron chi connectivity index (χ4n) is 2.15. The molecule has 1 N–H and O–H groups in total. The van der Waals surface area contributed by atoms with Crippen molar-refractivity contribution in [2.45, 2.75) is 64.9 Å². The molecule has 0 aromatic rings. The summed E-state index contributed by atoms with van der Waals surface area (Å²) in [6.07, 6.45) is 13.5. The van der Waals surface area contributed by atoms with Crippen molar-refractivity contribution < 1.29 is 4.74 Å². The molecule has 17 heavy (non-hydrogen) atoms. The van der Waals surface area contributed by atoms with Gasteiger partial charge in [0.25, 0.3) is 0 Å². The second-order valence-corrected chi connectivity index (χ2v) is 5.51. The highest BCUT2D eigenvalue weighted by molar-refractivity contribution is 4.82. The van der Waals surface area contributed by atoms with E-state index in [9.17, 15) is 0 Å². The molecule has 0 saturated carbocycles. The molecular weight excluding hydrogens is 210 g/mol. The van der Waals surface area contributed by atoms with Crippen molar-refractivity contribution in [2.24, 2.45) is 5.92 Å². The van der Waals surface area contributed by atoms with Gasteiger partial charge in [-0.3, -0.25) is 0 Å². The predicted molar refractivity (Wildman–Crippen MR) is 74.0 cm³/mol. The second kappa shape index (κ2) is 9.52. The summed E-state index contributed by atoms with van der Waals surface area (Å²) in [7, 11) is 0. The van der Waals surface area contributed by atoms with Gasteiger partial charge in [-0.05, 0) is 37.8 Å². The summed E-state index contributed by atoms with van der Waals surface area (Å²) < 4.78 is 5.51. The van der Waals surface area contributed by atoms with Crippen LogP contribution in [0.4, 0.5) is 0 Å². The van der Waals surface area contributed by atoms with Crippen LogP contribution >= 0.6 is 0 Å². The summed E-state index contributed by atoms with van der Waals surface area (Å²) in [5, 5.41) is 3.50. The van der Waals surface area contributed by atoms with E-state index in [2.05, 4.69) is 25.2 Å². The third kappa shape index (κ3) is 8.25. The van der Waals surface area contributed by atoms with Crippen molar-refractivity contribution in [2.75, 3.05) is 13.1 Å². The third-order valence-electron chi connectivity index (χ3n) is 3.28. The van der Waals surface area contributed by atoms with Crippen LogP contribution in [0.1, 0.15) is 58.8 Å². The van der Waals surface area contributed by atoms with Gasteiger partial charge >= 0.3 is 0 Å². The Bertz CT molecular complexity index is 201. The molecule has 2 nitrogen and oxygen atoms in total. The van der Waals surface area contributed by atoms with Gasteiger partial charge < -0.3 is 10.1 Å². The van der Waals surface area contributed by atoms with E-state index in [0.29, 0.717) is 6.10 Å². The smallest absolute Gasteiger partial charge is 0.110 e. The Morgan fingerprint density at radius 2 is 2.06 bits per heavy atom. The Morgan fingerprint density at radius 1 is 1.24 bits per heavy atom. The van der Waals surface area contributed by atoms with Crippen molar-refractivity contribution >= 4 is 0 Å². The molecule has 0 spiro atoms. The Hall–Kier alpha value is -0.500. The minimum atomic E-state index is 0.404. The number of hydrogen-bond acceptors (Lipinski definition) is 2. The number of ether oxygens (including phenoxy) is 1. The van der Waals surface area contributed by atoms with Crippen LogP contribution < -0.4 is 5.32 Å². The monoisotopic (exact) mass is 239 g/mol. The van der Waals surface area contributed by atoms with Gasteiger partial charge in [-0.15, -0.1) is 0 Å². The summed E-state index contributed by atoms with van der Waals surface area (Å²) in [5.41, 5.74) is 0. The Morgan fingerprint density at radius 3 is 2.76 bits per heavy atom. The third-order valence-corrected chi connectivity index (χ3v) is 3.28. The molecule has 0 aromatic carbocycles. The quantitative estimate of drug-likeness (QED) is 0.617. The molecule has 1 atom stereocenters. The van der Waals surface area contributed by atoms with Gasteiger partial charge in [0.05, 0.1) is 6.26 Å². The van der Waals surface area contributed by atoms with E-state index in [1.807, 2.05) is 6.26 Å². The van der Waals surface area contributed by atoms with Crippen molar-refractivity contribution in [3.05, 3.63) is 12.3 Å². The van der Waals surface area contributed by atoms with Crippen molar-refractivity contribution in [1.82, 2.24) is 5.32 Å². The van der Waals surface area contributed by atoms with Gasteiger partial charge in [0.1, 0.15) is 6.10 Å². The number of unbranched alkanes of at least 4 members (excludes halogenated alkanes) is 3. The zero-order chi connectivity index (χ0) is 12.3. The molecule has 0 saturated heterocycles. The second-order valence-electron chi connectivity index (χ2n) is 5.51. The summed E-state index contributed by atoms with van der Waals surface area (Å²) in [6.45, 7) is 6.77. The lowest BCUT2D eigenvalue weighted by atomic mass is 10.0. The van der Waals surface area contributed by atoms with Gasteiger partial charge in [0.2, 0.25) is 0 Å². The fraction of sp³-hybridized carbons (Fsp3) is 0.867. The lowest BCUT2D eigenvalue weighted by molar-refractivity contribution is 0.122. The lowest BCUT2D eigenvalue weighted by Gasteiger charge is -2.19. The predicted octanol–water partition coefficient (Wildman–Crippen LogP) is 3.88. The maximum absolute atomic E-state index is 5.51. The van der Waals surface area contributed by atoms with Crippen LogP contribution in [-0.2, 0) is 4.74 Å². The van der Waals surface area contributed by atoms with E-state index < -0.39 is 0 Å². The zero-order valence-electron chi connectivity index (χ0n) is 11.6. The van der Waals surface area contributed by atoms with Crippen LogP contribution in [0, 0.1) is 5.92 Å².